The number of carbonyl (C=O) groups is 1. The molecular weight excluding hydrogens is 292 g/mol. The molecule has 2 aromatic heterocycles. The summed E-state index contributed by atoms with van der Waals surface area (Å²) < 4.78 is 5.65. The van der Waals surface area contributed by atoms with E-state index in [1.165, 1.54) is 13.8 Å². The first-order valence-electron chi connectivity index (χ1n) is 7.33. The van der Waals surface area contributed by atoms with Crippen molar-refractivity contribution in [1.29, 1.82) is 0 Å². The molecule has 2 N–H and O–H groups in total. The van der Waals surface area contributed by atoms with Crippen molar-refractivity contribution in [2.45, 2.75) is 26.4 Å². The molecule has 118 valence electrons. The first-order chi connectivity index (χ1) is 10.9. The van der Waals surface area contributed by atoms with E-state index in [1.807, 2.05) is 31.2 Å². The lowest BCUT2D eigenvalue weighted by atomic mass is 10.0. The number of benzene rings is 1. The van der Waals surface area contributed by atoms with Crippen LogP contribution in [-0.2, 0) is 4.79 Å². The van der Waals surface area contributed by atoms with Gasteiger partial charge in [0.2, 0.25) is 0 Å². The van der Waals surface area contributed by atoms with Gasteiger partial charge >= 0.3 is 5.97 Å². The van der Waals surface area contributed by atoms with Crippen molar-refractivity contribution in [3.63, 3.8) is 0 Å². The number of hydrogen-bond donors (Lipinski definition) is 2. The fraction of sp³-hybridized carbons (Fsp3) is 0.222. The normalized spacial score (nSPS) is 11.6. The Balaban J connectivity index is 2.11. The van der Waals surface area contributed by atoms with Gasteiger partial charge < -0.3 is 14.8 Å². The second kappa shape index (κ2) is 5.43. The number of nitrogens with one attached hydrogen (secondary N) is 1. The zero-order valence-electron chi connectivity index (χ0n) is 13.3. The number of carboxylic acids is 1. The number of pyridine rings is 1. The summed E-state index contributed by atoms with van der Waals surface area (Å²) >= 11 is 0. The molecule has 0 saturated heterocycles. The van der Waals surface area contributed by atoms with Gasteiger partial charge in [-0.25, -0.2) is 4.79 Å². The highest BCUT2D eigenvalue weighted by Crippen LogP contribution is 2.34. The van der Waals surface area contributed by atoms with Gasteiger partial charge in [-0.2, -0.15) is 0 Å². The summed E-state index contributed by atoms with van der Waals surface area (Å²) in [5, 5.41) is 10.2. The van der Waals surface area contributed by atoms with Crippen LogP contribution >= 0.6 is 0 Å². The summed E-state index contributed by atoms with van der Waals surface area (Å²) in [5.74, 6) is -0.476. The van der Waals surface area contributed by atoms with Crippen molar-refractivity contribution in [3.8, 4) is 16.9 Å². The summed E-state index contributed by atoms with van der Waals surface area (Å²) in [5.41, 5.74) is 2.87. The number of aryl methyl sites for hydroxylation is 1. The van der Waals surface area contributed by atoms with Crippen LogP contribution in [0.1, 0.15) is 19.5 Å². The number of aromatic amines is 1. The van der Waals surface area contributed by atoms with E-state index in [1.54, 1.807) is 18.5 Å². The lowest BCUT2D eigenvalue weighted by Crippen LogP contribution is -2.37. The van der Waals surface area contributed by atoms with E-state index in [9.17, 15) is 9.90 Å². The third-order valence-electron chi connectivity index (χ3n) is 3.81. The second-order valence-electron chi connectivity index (χ2n) is 5.99. The van der Waals surface area contributed by atoms with Crippen molar-refractivity contribution < 1.29 is 14.6 Å². The maximum atomic E-state index is 11.2. The highest BCUT2D eigenvalue weighted by atomic mass is 16.5. The monoisotopic (exact) mass is 310 g/mol. The second-order valence-corrected chi connectivity index (χ2v) is 5.99. The average molecular weight is 310 g/mol. The van der Waals surface area contributed by atoms with Gasteiger partial charge in [-0.3, -0.25) is 4.98 Å². The summed E-state index contributed by atoms with van der Waals surface area (Å²) in [6.45, 7) is 5.08. The van der Waals surface area contributed by atoms with Crippen LogP contribution in [0, 0.1) is 6.92 Å². The number of carboxylic acid groups (broad SMARTS) is 1. The zero-order chi connectivity index (χ0) is 16.6. The number of aliphatic carboxylic acids is 1. The Kier molecular flexibility index (Phi) is 3.56. The molecule has 2 heterocycles. The number of H-pyrrole nitrogens is 1. The molecule has 0 saturated carbocycles. The maximum absolute atomic E-state index is 11.2. The molecule has 0 bridgehead atoms. The van der Waals surface area contributed by atoms with Gasteiger partial charge in [-0.15, -0.1) is 0 Å². The highest BCUT2D eigenvalue weighted by molar-refractivity contribution is 5.98. The molecule has 0 fully saturated rings. The first-order valence-corrected chi connectivity index (χ1v) is 7.33. The van der Waals surface area contributed by atoms with Crippen LogP contribution < -0.4 is 4.74 Å². The number of rotatable bonds is 4. The number of hydrogen-bond acceptors (Lipinski definition) is 3. The third-order valence-corrected chi connectivity index (χ3v) is 3.81. The minimum absolute atomic E-state index is 0.527. The van der Waals surface area contributed by atoms with Gasteiger partial charge in [0, 0.05) is 34.6 Å². The SMILES string of the molecule is Cc1[nH]c2ccc(OC(C)(C)C(=O)O)cc2c1-c1ccncc1. The molecule has 0 unspecified atom stereocenters. The Bertz CT molecular complexity index is 867. The van der Waals surface area contributed by atoms with E-state index in [2.05, 4.69) is 9.97 Å². The van der Waals surface area contributed by atoms with Crippen LogP contribution in [0.3, 0.4) is 0 Å². The van der Waals surface area contributed by atoms with E-state index in [-0.39, 0.29) is 0 Å². The van der Waals surface area contributed by atoms with Crippen molar-refractivity contribution in [2.75, 3.05) is 0 Å². The first kappa shape index (κ1) is 15.1. The topological polar surface area (TPSA) is 75.2 Å². The molecule has 0 aliphatic rings. The van der Waals surface area contributed by atoms with Gasteiger partial charge in [0.05, 0.1) is 0 Å². The Morgan fingerprint density at radius 3 is 2.57 bits per heavy atom. The summed E-state index contributed by atoms with van der Waals surface area (Å²) in [7, 11) is 0. The average Bonchev–Trinajstić information content (AvgIpc) is 2.83. The summed E-state index contributed by atoms with van der Waals surface area (Å²) in [6.07, 6.45) is 3.50. The van der Waals surface area contributed by atoms with E-state index >= 15 is 0 Å². The smallest absolute Gasteiger partial charge is 0.347 e. The molecule has 0 spiro atoms. The van der Waals surface area contributed by atoms with Gasteiger partial charge in [0.25, 0.3) is 0 Å². The fourth-order valence-electron chi connectivity index (χ4n) is 2.60. The van der Waals surface area contributed by atoms with Crippen LogP contribution in [0.4, 0.5) is 0 Å². The molecule has 0 aliphatic carbocycles. The Labute approximate surface area is 133 Å². The molecule has 3 aromatic rings. The summed E-state index contributed by atoms with van der Waals surface area (Å²) in [6, 6.07) is 9.45. The van der Waals surface area contributed by atoms with E-state index in [0.29, 0.717) is 5.75 Å². The number of nitrogens with zero attached hydrogens (tertiary/aromatic N) is 1. The fourth-order valence-corrected chi connectivity index (χ4v) is 2.60. The molecule has 0 amide bonds. The van der Waals surface area contributed by atoms with Gasteiger partial charge in [-0.1, -0.05) is 0 Å². The Hall–Kier alpha value is -2.82. The largest absolute Gasteiger partial charge is 0.478 e. The quantitative estimate of drug-likeness (QED) is 0.769. The predicted octanol–water partition coefficient (Wildman–Crippen LogP) is 3.78. The molecular formula is C18H18N2O3. The molecule has 1 aromatic carbocycles. The van der Waals surface area contributed by atoms with Crippen molar-refractivity contribution in [3.05, 3.63) is 48.4 Å². The minimum Gasteiger partial charge on any atom is -0.478 e. The number of aromatic nitrogens is 2. The Morgan fingerprint density at radius 2 is 1.91 bits per heavy atom. The van der Waals surface area contributed by atoms with Gasteiger partial charge in [0.15, 0.2) is 5.60 Å². The molecule has 0 aliphatic heterocycles. The lowest BCUT2D eigenvalue weighted by Gasteiger charge is -2.21. The van der Waals surface area contributed by atoms with Crippen LogP contribution in [-0.4, -0.2) is 26.6 Å². The molecule has 5 heteroatoms. The van der Waals surface area contributed by atoms with Crippen molar-refractivity contribution in [2.24, 2.45) is 0 Å². The Morgan fingerprint density at radius 1 is 1.22 bits per heavy atom. The summed E-state index contributed by atoms with van der Waals surface area (Å²) in [4.78, 5) is 18.6. The van der Waals surface area contributed by atoms with Gasteiger partial charge in [-0.05, 0) is 56.7 Å². The van der Waals surface area contributed by atoms with E-state index < -0.39 is 11.6 Å². The minimum atomic E-state index is -1.28. The number of ether oxygens (including phenoxy) is 1. The van der Waals surface area contributed by atoms with Crippen LogP contribution in [0.15, 0.2) is 42.7 Å². The lowest BCUT2D eigenvalue weighted by molar-refractivity contribution is -0.152. The van der Waals surface area contributed by atoms with Crippen LogP contribution in [0.5, 0.6) is 5.75 Å². The van der Waals surface area contributed by atoms with Crippen molar-refractivity contribution >= 4 is 16.9 Å². The molecule has 5 nitrogen and oxygen atoms in total. The van der Waals surface area contributed by atoms with Crippen LogP contribution in [0.25, 0.3) is 22.0 Å². The standard InChI is InChI=1S/C18H18N2O3/c1-11-16(12-6-8-19-9-7-12)14-10-13(4-5-15(14)20-11)23-18(2,3)17(21)22/h4-10,20H,1-3H3,(H,21,22). The third kappa shape index (κ3) is 2.77. The molecule has 0 radical (unpaired) electrons. The van der Waals surface area contributed by atoms with E-state index in [0.717, 1.165) is 27.7 Å². The molecule has 3 rings (SSSR count). The zero-order valence-corrected chi connectivity index (χ0v) is 13.3. The highest BCUT2D eigenvalue weighted by Gasteiger charge is 2.29. The predicted molar refractivity (Wildman–Crippen MR) is 88.6 cm³/mol. The molecule has 23 heavy (non-hydrogen) atoms. The van der Waals surface area contributed by atoms with Gasteiger partial charge in [0.1, 0.15) is 5.75 Å². The maximum Gasteiger partial charge on any atom is 0.347 e. The van der Waals surface area contributed by atoms with Crippen LogP contribution in [0.2, 0.25) is 0 Å². The van der Waals surface area contributed by atoms with Crippen molar-refractivity contribution in [1.82, 2.24) is 9.97 Å². The number of fused-ring (bicyclic) bond motifs is 1. The van der Waals surface area contributed by atoms with E-state index in [4.69, 9.17) is 4.74 Å². The molecule has 0 atom stereocenters.